The highest BCUT2D eigenvalue weighted by Gasteiger charge is 2.39. The summed E-state index contributed by atoms with van der Waals surface area (Å²) in [6, 6.07) is 1.57. The molecule has 4 rings (SSSR count). The molecule has 1 N–H and O–H groups in total. The fourth-order valence-electron chi connectivity index (χ4n) is 3.73. The Bertz CT molecular complexity index is 492. The third-order valence-corrected chi connectivity index (χ3v) is 6.15. The first-order chi connectivity index (χ1) is 9.70. The molecular formula is C16H25N3S. The fourth-order valence-corrected chi connectivity index (χ4v) is 4.98. The van der Waals surface area contributed by atoms with Gasteiger partial charge in [-0.15, -0.1) is 11.3 Å². The van der Waals surface area contributed by atoms with E-state index in [1.54, 1.807) is 0 Å². The molecule has 3 aliphatic rings. The van der Waals surface area contributed by atoms with E-state index in [9.17, 15) is 0 Å². The molecule has 1 aliphatic heterocycles. The average molecular weight is 291 g/mol. The van der Waals surface area contributed by atoms with Crippen molar-refractivity contribution in [2.45, 2.75) is 70.5 Å². The summed E-state index contributed by atoms with van der Waals surface area (Å²) < 4.78 is 0. The van der Waals surface area contributed by atoms with Crippen molar-refractivity contribution in [3.63, 3.8) is 0 Å². The van der Waals surface area contributed by atoms with Gasteiger partial charge in [0, 0.05) is 30.1 Å². The summed E-state index contributed by atoms with van der Waals surface area (Å²) in [5, 5.41) is 4.96. The van der Waals surface area contributed by atoms with Crippen molar-refractivity contribution in [2.75, 3.05) is 11.4 Å². The second-order valence-electron chi connectivity index (χ2n) is 7.10. The molecule has 0 spiro atoms. The van der Waals surface area contributed by atoms with Crippen LogP contribution >= 0.6 is 11.3 Å². The maximum Gasteiger partial charge on any atom is 0.186 e. The Morgan fingerprint density at radius 2 is 2.15 bits per heavy atom. The quantitative estimate of drug-likeness (QED) is 0.900. The highest BCUT2D eigenvalue weighted by atomic mass is 32.1. The lowest BCUT2D eigenvalue weighted by Gasteiger charge is -2.26. The van der Waals surface area contributed by atoms with Crippen LogP contribution in [-0.4, -0.2) is 23.6 Å². The number of nitrogens with one attached hydrogen (secondary N) is 1. The number of hydrogen-bond donors (Lipinski definition) is 1. The predicted octanol–water partition coefficient (Wildman–Crippen LogP) is 3.51. The second kappa shape index (κ2) is 4.99. The Labute approximate surface area is 125 Å². The number of aromatic nitrogens is 1. The Hall–Kier alpha value is -0.610. The van der Waals surface area contributed by atoms with Gasteiger partial charge in [-0.2, -0.15) is 0 Å². The van der Waals surface area contributed by atoms with Crippen LogP contribution in [0.15, 0.2) is 0 Å². The molecule has 0 amide bonds. The molecule has 1 aromatic rings. The van der Waals surface area contributed by atoms with Crippen LogP contribution in [-0.2, 0) is 6.54 Å². The minimum Gasteiger partial charge on any atom is -0.345 e. The van der Waals surface area contributed by atoms with Gasteiger partial charge in [-0.05, 0) is 43.9 Å². The standard InChI is InChI=1S/C16H25N3S/c1-10(2)15-14(8-17-12-4-5-12)20-16(18-15)19-9-11-3-6-13(19)7-11/h10-13,17H,3-9H2,1-2H3. The van der Waals surface area contributed by atoms with E-state index in [4.69, 9.17) is 4.98 Å². The molecular weight excluding hydrogens is 266 g/mol. The molecule has 20 heavy (non-hydrogen) atoms. The molecule has 1 saturated heterocycles. The monoisotopic (exact) mass is 291 g/mol. The molecule has 0 radical (unpaired) electrons. The summed E-state index contributed by atoms with van der Waals surface area (Å²) in [6.07, 6.45) is 6.96. The van der Waals surface area contributed by atoms with Gasteiger partial charge in [0.25, 0.3) is 0 Å². The lowest BCUT2D eigenvalue weighted by Crippen LogP contribution is -2.31. The van der Waals surface area contributed by atoms with Crippen molar-refractivity contribution < 1.29 is 0 Å². The molecule has 110 valence electrons. The van der Waals surface area contributed by atoms with Gasteiger partial charge in [0.15, 0.2) is 5.13 Å². The van der Waals surface area contributed by atoms with Gasteiger partial charge in [0.1, 0.15) is 0 Å². The van der Waals surface area contributed by atoms with E-state index in [1.807, 2.05) is 11.3 Å². The summed E-state index contributed by atoms with van der Waals surface area (Å²) in [4.78, 5) is 9.09. The molecule has 2 unspecified atom stereocenters. The molecule has 2 saturated carbocycles. The third-order valence-electron chi connectivity index (χ3n) is 5.05. The number of anilines is 1. The molecule has 4 heteroatoms. The van der Waals surface area contributed by atoms with Crippen molar-refractivity contribution in [3.8, 4) is 0 Å². The number of thiazole rings is 1. The first-order valence-corrected chi connectivity index (χ1v) is 9.02. The highest BCUT2D eigenvalue weighted by Crippen LogP contribution is 2.42. The van der Waals surface area contributed by atoms with Gasteiger partial charge < -0.3 is 10.2 Å². The van der Waals surface area contributed by atoms with Crippen LogP contribution in [0.25, 0.3) is 0 Å². The zero-order valence-corrected chi connectivity index (χ0v) is 13.4. The van der Waals surface area contributed by atoms with E-state index in [1.165, 1.54) is 54.4 Å². The summed E-state index contributed by atoms with van der Waals surface area (Å²) >= 11 is 1.95. The van der Waals surface area contributed by atoms with Crippen LogP contribution in [0.4, 0.5) is 5.13 Å². The molecule has 2 atom stereocenters. The molecule has 2 aliphatic carbocycles. The van der Waals surface area contributed by atoms with E-state index in [0.29, 0.717) is 5.92 Å². The number of fused-ring (bicyclic) bond motifs is 2. The van der Waals surface area contributed by atoms with Crippen LogP contribution in [0.2, 0.25) is 0 Å². The van der Waals surface area contributed by atoms with Gasteiger partial charge in [-0.3, -0.25) is 0 Å². The lowest BCUT2D eigenvalue weighted by molar-refractivity contribution is 0.552. The minimum absolute atomic E-state index is 0.538. The normalized spacial score (nSPS) is 28.9. The fraction of sp³-hybridized carbons (Fsp3) is 0.812. The van der Waals surface area contributed by atoms with Gasteiger partial charge in [-0.25, -0.2) is 4.98 Å². The van der Waals surface area contributed by atoms with E-state index in [-0.39, 0.29) is 0 Å². The lowest BCUT2D eigenvalue weighted by atomic mass is 10.1. The maximum atomic E-state index is 5.01. The van der Waals surface area contributed by atoms with E-state index < -0.39 is 0 Å². The Kier molecular flexibility index (Phi) is 3.26. The first-order valence-electron chi connectivity index (χ1n) is 8.20. The summed E-state index contributed by atoms with van der Waals surface area (Å²) in [5.41, 5.74) is 1.33. The van der Waals surface area contributed by atoms with E-state index in [2.05, 4.69) is 24.1 Å². The van der Waals surface area contributed by atoms with E-state index >= 15 is 0 Å². The number of hydrogen-bond acceptors (Lipinski definition) is 4. The number of nitrogens with zero attached hydrogens (tertiary/aromatic N) is 2. The SMILES string of the molecule is CC(C)c1nc(N2CC3CCC2C3)sc1CNC1CC1. The Morgan fingerprint density at radius 3 is 2.75 bits per heavy atom. The van der Waals surface area contributed by atoms with Crippen molar-refractivity contribution >= 4 is 16.5 Å². The Morgan fingerprint density at radius 1 is 1.30 bits per heavy atom. The zero-order chi connectivity index (χ0) is 13.7. The summed E-state index contributed by atoms with van der Waals surface area (Å²) in [7, 11) is 0. The number of rotatable bonds is 5. The smallest absolute Gasteiger partial charge is 0.186 e. The molecule has 3 nitrogen and oxygen atoms in total. The maximum absolute atomic E-state index is 5.01. The Balaban J connectivity index is 1.55. The average Bonchev–Trinajstić information content (AvgIpc) is 2.89. The minimum atomic E-state index is 0.538. The summed E-state index contributed by atoms with van der Waals surface area (Å²) in [6.45, 7) is 6.83. The first kappa shape index (κ1) is 13.1. The number of piperidine rings is 1. The predicted molar refractivity (Wildman–Crippen MR) is 84.5 cm³/mol. The van der Waals surface area contributed by atoms with Gasteiger partial charge in [0.05, 0.1) is 5.69 Å². The molecule has 3 fully saturated rings. The molecule has 2 bridgehead atoms. The van der Waals surface area contributed by atoms with Crippen molar-refractivity contribution in [1.29, 1.82) is 0 Å². The summed E-state index contributed by atoms with van der Waals surface area (Å²) in [5.74, 6) is 1.48. The molecule has 2 heterocycles. The zero-order valence-electron chi connectivity index (χ0n) is 12.6. The van der Waals surface area contributed by atoms with Crippen molar-refractivity contribution in [1.82, 2.24) is 10.3 Å². The highest BCUT2D eigenvalue weighted by molar-refractivity contribution is 7.15. The van der Waals surface area contributed by atoms with Crippen molar-refractivity contribution in [2.24, 2.45) is 5.92 Å². The topological polar surface area (TPSA) is 28.2 Å². The van der Waals surface area contributed by atoms with Gasteiger partial charge in [-0.1, -0.05) is 13.8 Å². The second-order valence-corrected chi connectivity index (χ2v) is 8.16. The molecule has 1 aromatic heterocycles. The van der Waals surface area contributed by atoms with Crippen LogP contribution < -0.4 is 10.2 Å². The van der Waals surface area contributed by atoms with Crippen LogP contribution in [0.5, 0.6) is 0 Å². The van der Waals surface area contributed by atoms with Crippen molar-refractivity contribution in [3.05, 3.63) is 10.6 Å². The molecule has 0 aromatic carbocycles. The third kappa shape index (κ3) is 2.37. The van der Waals surface area contributed by atoms with E-state index in [0.717, 1.165) is 24.5 Å². The van der Waals surface area contributed by atoms with Crippen LogP contribution in [0, 0.1) is 5.92 Å². The largest absolute Gasteiger partial charge is 0.345 e. The van der Waals surface area contributed by atoms with Crippen LogP contribution in [0.3, 0.4) is 0 Å². The van der Waals surface area contributed by atoms with Crippen LogP contribution in [0.1, 0.15) is 62.4 Å². The van der Waals surface area contributed by atoms with Gasteiger partial charge in [0.2, 0.25) is 0 Å². The van der Waals surface area contributed by atoms with Gasteiger partial charge >= 0.3 is 0 Å².